The van der Waals surface area contributed by atoms with Crippen molar-refractivity contribution >= 4 is 29.2 Å². The molecule has 28 heavy (non-hydrogen) atoms. The fourth-order valence-electron chi connectivity index (χ4n) is 2.83. The van der Waals surface area contributed by atoms with Crippen LogP contribution in [-0.2, 0) is 11.3 Å². The van der Waals surface area contributed by atoms with Gasteiger partial charge in [0, 0.05) is 6.42 Å². The van der Waals surface area contributed by atoms with E-state index in [1.54, 1.807) is 10.9 Å². The number of hydrogen-bond donors (Lipinski definition) is 1. The maximum absolute atomic E-state index is 12.0. The summed E-state index contributed by atoms with van der Waals surface area (Å²) in [5.74, 6) is 0.358. The van der Waals surface area contributed by atoms with Gasteiger partial charge in [0.1, 0.15) is 5.52 Å². The average molecular weight is 375 g/mol. The maximum atomic E-state index is 12.0. The zero-order valence-electron chi connectivity index (χ0n) is 16.5. The molecule has 0 unspecified atom stereocenters. The first kappa shape index (κ1) is 19.5. The second kappa shape index (κ2) is 9.08. The highest BCUT2D eigenvalue weighted by Crippen LogP contribution is 2.16. The number of benzene rings is 2. The van der Waals surface area contributed by atoms with Gasteiger partial charge in [-0.3, -0.25) is 4.79 Å². The highest BCUT2D eigenvalue weighted by atomic mass is 16.2. The van der Waals surface area contributed by atoms with E-state index in [9.17, 15) is 4.79 Å². The lowest BCUT2D eigenvalue weighted by Crippen LogP contribution is -2.19. The van der Waals surface area contributed by atoms with Gasteiger partial charge in [-0.05, 0) is 41.7 Å². The van der Waals surface area contributed by atoms with Crippen LogP contribution < -0.4 is 5.43 Å². The second-order valence-corrected chi connectivity index (χ2v) is 7.05. The number of carbonyl (C=O) groups is 1. The Morgan fingerprint density at radius 3 is 2.68 bits per heavy atom. The van der Waals surface area contributed by atoms with Crippen LogP contribution in [0.25, 0.3) is 17.1 Å². The van der Waals surface area contributed by atoms with Crippen LogP contribution in [0.1, 0.15) is 44.2 Å². The number of fused-ring (bicyclic) bond motifs is 1. The molecule has 0 aliphatic carbocycles. The summed E-state index contributed by atoms with van der Waals surface area (Å²) in [5.41, 5.74) is 7.68. The van der Waals surface area contributed by atoms with Crippen LogP contribution in [0.3, 0.4) is 0 Å². The van der Waals surface area contributed by atoms with Crippen LogP contribution in [0.5, 0.6) is 0 Å². The van der Waals surface area contributed by atoms with Crippen molar-refractivity contribution in [1.29, 1.82) is 0 Å². The Labute approximate surface area is 165 Å². The number of rotatable bonds is 7. The van der Waals surface area contributed by atoms with Crippen molar-refractivity contribution in [2.45, 2.75) is 39.7 Å². The summed E-state index contributed by atoms with van der Waals surface area (Å²) >= 11 is 0. The lowest BCUT2D eigenvalue weighted by molar-refractivity contribution is -0.121. The quantitative estimate of drug-likeness (QED) is 0.498. The first-order valence-corrected chi connectivity index (χ1v) is 9.41. The van der Waals surface area contributed by atoms with Crippen molar-refractivity contribution in [1.82, 2.24) is 20.4 Å². The smallest absolute Gasteiger partial charge is 0.241 e. The molecule has 0 saturated carbocycles. The number of aryl methyl sites for hydroxylation is 1. The monoisotopic (exact) mass is 375 g/mol. The molecular formula is C22H25N5O. The Hall–Kier alpha value is -3.28. The molecule has 0 fully saturated rings. The maximum Gasteiger partial charge on any atom is 0.241 e. The van der Waals surface area contributed by atoms with Crippen LogP contribution in [0, 0.1) is 0 Å². The van der Waals surface area contributed by atoms with Crippen molar-refractivity contribution in [2.24, 2.45) is 5.10 Å². The first-order valence-electron chi connectivity index (χ1n) is 9.41. The first-order chi connectivity index (χ1) is 13.5. The summed E-state index contributed by atoms with van der Waals surface area (Å²) < 4.78 is 1.73. The van der Waals surface area contributed by atoms with Crippen molar-refractivity contribution < 1.29 is 4.79 Å². The molecule has 0 radical (unpaired) electrons. The van der Waals surface area contributed by atoms with Crippen molar-refractivity contribution in [2.75, 3.05) is 0 Å². The second-order valence-electron chi connectivity index (χ2n) is 7.05. The molecule has 6 nitrogen and oxygen atoms in total. The van der Waals surface area contributed by atoms with Gasteiger partial charge in [-0.15, -0.1) is 5.10 Å². The molecule has 144 valence electrons. The molecule has 0 bridgehead atoms. The van der Waals surface area contributed by atoms with Gasteiger partial charge in [0.25, 0.3) is 0 Å². The predicted molar refractivity (Wildman–Crippen MR) is 113 cm³/mol. The highest BCUT2D eigenvalue weighted by Gasteiger charge is 2.06. The molecule has 0 aliphatic heterocycles. The largest absolute Gasteiger partial charge is 0.273 e. The Morgan fingerprint density at radius 1 is 1.18 bits per heavy atom. The summed E-state index contributed by atoms with van der Waals surface area (Å²) in [6.45, 7) is 6.76. The lowest BCUT2D eigenvalue weighted by atomic mass is 10.0. The number of nitrogens with zero attached hydrogens (tertiary/aromatic N) is 4. The third-order valence-corrected chi connectivity index (χ3v) is 4.43. The fraction of sp³-hybridized carbons (Fsp3) is 0.273. The minimum atomic E-state index is -0.162. The van der Waals surface area contributed by atoms with E-state index >= 15 is 0 Å². The van der Waals surface area contributed by atoms with E-state index in [4.69, 9.17) is 0 Å². The van der Waals surface area contributed by atoms with Crippen molar-refractivity contribution in [3.63, 3.8) is 0 Å². The molecule has 3 aromatic rings. The Bertz CT molecular complexity index is 999. The van der Waals surface area contributed by atoms with Crippen LogP contribution in [0.4, 0.5) is 0 Å². The van der Waals surface area contributed by atoms with E-state index in [1.165, 1.54) is 5.56 Å². The fourth-order valence-corrected chi connectivity index (χ4v) is 2.83. The van der Waals surface area contributed by atoms with E-state index in [0.717, 1.165) is 22.2 Å². The zero-order valence-corrected chi connectivity index (χ0v) is 16.5. The molecule has 0 atom stereocenters. The number of aromatic nitrogens is 3. The van der Waals surface area contributed by atoms with E-state index in [2.05, 4.69) is 59.0 Å². The third-order valence-electron chi connectivity index (χ3n) is 4.43. The van der Waals surface area contributed by atoms with Crippen LogP contribution in [0.15, 0.2) is 59.2 Å². The normalized spacial score (nSPS) is 12.2. The molecule has 1 heterocycles. The number of amides is 1. The molecule has 1 amide bonds. The van der Waals surface area contributed by atoms with E-state index in [0.29, 0.717) is 12.5 Å². The molecule has 6 heteroatoms. The standard InChI is InChI=1S/C22H25N5O/c1-16(2)19-10-8-18(9-11-19)14-17(3)15-23-25-22(28)12-13-27-21-7-5-4-6-20(21)24-26-27/h4-11,14-16H,12-13H2,1-3H3,(H,25,28)/b17-14-,23-15?. The number of hydrogen-bond acceptors (Lipinski definition) is 4. The molecule has 1 N–H and O–H groups in total. The summed E-state index contributed by atoms with van der Waals surface area (Å²) in [6.07, 6.45) is 3.96. The van der Waals surface area contributed by atoms with E-state index in [1.807, 2.05) is 37.3 Å². The molecule has 1 aromatic heterocycles. The molecule has 3 rings (SSSR count). The molecule has 0 saturated heterocycles. The summed E-state index contributed by atoms with van der Waals surface area (Å²) in [4.78, 5) is 12.0. The highest BCUT2D eigenvalue weighted by molar-refractivity contribution is 5.86. The topological polar surface area (TPSA) is 72.2 Å². The van der Waals surface area contributed by atoms with Gasteiger partial charge in [0.2, 0.25) is 5.91 Å². The van der Waals surface area contributed by atoms with E-state index in [-0.39, 0.29) is 12.3 Å². The Morgan fingerprint density at radius 2 is 1.93 bits per heavy atom. The van der Waals surface area contributed by atoms with E-state index < -0.39 is 0 Å². The molecule has 0 spiro atoms. The number of nitrogens with one attached hydrogen (secondary N) is 1. The molecule has 0 aliphatic rings. The van der Waals surface area contributed by atoms with Gasteiger partial charge in [-0.2, -0.15) is 5.10 Å². The van der Waals surface area contributed by atoms with Crippen molar-refractivity contribution in [3.05, 3.63) is 65.2 Å². The van der Waals surface area contributed by atoms with Crippen LogP contribution in [-0.4, -0.2) is 27.1 Å². The summed E-state index contributed by atoms with van der Waals surface area (Å²) in [7, 11) is 0. The third kappa shape index (κ3) is 5.13. The molecular weight excluding hydrogens is 350 g/mol. The SMILES string of the molecule is C/C(C=NNC(=O)CCn1nnc2ccccc21)=C/c1ccc(C(C)C)cc1. The average Bonchev–Trinajstić information content (AvgIpc) is 3.10. The Kier molecular flexibility index (Phi) is 6.32. The minimum absolute atomic E-state index is 0.162. The van der Waals surface area contributed by atoms with Crippen LogP contribution >= 0.6 is 0 Å². The van der Waals surface area contributed by atoms with Gasteiger partial charge in [0.15, 0.2) is 0 Å². The van der Waals surface area contributed by atoms with Gasteiger partial charge in [-0.25, -0.2) is 10.1 Å². The van der Waals surface area contributed by atoms with Gasteiger partial charge in [-0.1, -0.05) is 61.5 Å². The molecule has 2 aromatic carbocycles. The number of para-hydroxylation sites is 1. The predicted octanol–water partition coefficient (Wildman–Crippen LogP) is 4.15. The number of carbonyl (C=O) groups excluding carboxylic acids is 1. The van der Waals surface area contributed by atoms with Crippen molar-refractivity contribution in [3.8, 4) is 0 Å². The zero-order chi connectivity index (χ0) is 19.9. The van der Waals surface area contributed by atoms with Crippen LogP contribution in [0.2, 0.25) is 0 Å². The Balaban J connectivity index is 1.50. The van der Waals surface area contributed by atoms with Gasteiger partial charge < -0.3 is 0 Å². The summed E-state index contributed by atoms with van der Waals surface area (Å²) in [6, 6.07) is 16.1. The van der Waals surface area contributed by atoms with Gasteiger partial charge in [0.05, 0.1) is 18.3 Å². The number of allylic oxidation sites excluding steroid dienone is 1. The van der Waals surface area contributed by atoms with Gasteiger partial charge >= 0.3 is 0 Å². The minimum Gasteiger partial charge on any atom is -0.273 e. The summed E-state index contributed by atoms with van der Waals surface area (Å²) in [5, 5.41) is 12.2. The lowest BCUT2D eigenvalue weighted by Gasteiger charge is -2.05. The number of hydrazone groups is 1.